The van der Waals surface area contributed by atoms with Crippen molar-refractivity contribution < 1.29 is 51.6 Å². The number of alkyl carbamates (subject to hydrolysis) is 2. The molecule has 1 spiro atoms. The van der Waals surface area contributed by atoms with E-state index in [9.17, 15) is 28.0 Å². The molecule has 61 heavy (non-hydrogen) atoms. The largest absolute Gasteiger partial charge is 0.453 e. The lowest BCUT2D eigenvalue weighted by Crippen LogP contribution is -2.52. The number of halogens is 2. The Kier molecular flexibility index (Phi) is 13.3. The minimum atomic E-state index is -3.00. The smallest absolute Gasteiger partial charge is 0.407 e. The lowest BCUT2D eigenvalue weighted by atomic mass is 10.0. The first kappa shape index (κ1) is 43.2. The van der Waals surface area contributed by atoms with Crippen LogP contribution in [0.15, 0.2) is 60.9 Å². The van der Waals surface area contributed by atoms with Gasteiger partial charge in [-0.1, -0.05) is 62.4 Å². The van der Waals surface area contributed by atoms with Crippen LogP contribution in [0.25, 0.3) is 33.6 Å². The van der Waals surface area contributed by atoms with E-state index in [2.05, 4.69) is 35.1 Å². The summed E-state index contributed by atoms with van der Waals surface area (Å²) >= 11 is 0. The molecule has 5 heterocycles. The number of hydrogen-bond donors (Lipinski definition) is 4. The van der Waals surface area contributed by atoms with Gasteiger partial charge in [0.1, 0.15) is 23.7 Å². The molecule has 0 unspecified atom stereocenters. The van der Waals surface area contributed by atoms with E-state index in [0.29, 0.717) is 50.7 Å². The normalized spacial score (nSPS) is 19.4. The van der Waals surface area contributed by atoms with E-state index in [1.165, 1.54) is 7.11 Å². The van der Waals surface area contributed by atoms with Gasteiger partial charge in [0, 0.05) is 19.4 Å². The van der Waals surface area contributed by atoms with Crippen molar-refractivity contribution in [2.45, 2.75) is 76.1 Å². The SMILES string of the molecule is COC(=O)N[C@@H](CCOC(F)F)C(=O)N1CCC[C@H]1c1ncc(-c2ccc(-c3ccc(-c4cnc([C@@H]5CC6(CN5C(=O)[C@@H](NC(=O)OC)C(C)C)OCCO6)[nH]4)cc3)cc2)[nH]1. The topological polar surface area (TPSA) is 202 Å². The molecule has 3 aliphatic rings. The highest BCUT2D eigenvalue weighted by molar-refractivity contribution is 5.87. The third-order valence-electron chi connectivity index (χ3n) is 11.3. The quantitative estimate of drug-likeness (QED) is 0.124. The molecule has 4 amide bonds. The van der Waals surface area contributed by atoms with Crippen molar-refractivity contribution in [2.75, 3.05) is 47.1 Å². The fourth-order valence-electron chi connectivity index (χ4n) is 8.14. The zero-order chi connectivity index (χ0) is 43.3. The number of aromatic amines is 2. The van der Waals surface area contributed by atoms with Crippen molar-refractivity contribution in [3.05, 3.63) is 72.6 Å². The summed E-state index contributed by atoms with van der Waals surface area (Å²) in [5.41, 5.74) is 5.25. The van der Waals surface area contributed by atoms with E-state index in [-0.39, 0.29) is 24.8 Å². The number of aromatic nitrogens is 4. The number of imidazole rings is 2. The fourth-order valence-corrected chi connectivity index (χ4v) is 8.14. The molecule has 19 heteroatoms. The van der Waals surface area contributed by atoms with Crippen molar-refractivity contribution in [3.8, 4) is 33.6 Å². The van der Waals surface area contributed by atoms with Crippen molar-refractivity contribution in [1.82, 2.24) is 40.4 Å². The van der Waals surface area contributed by atoms with Gasteiger partial charge in [0.15, 0.2) is 5.79 Å². The van der Waals surface area contributed by atoms with Crippen molar-refractivity contribution in [3.63, 3.8) is 0 Å². The van der Waals surface area contributed by atoms with Crippen molar-refractivity contribution >= 4 is 24.0 Å². The Morgan fingerprint density at radius 2 is 1.34 bits per heavy atom. The molecule has 7 rings (SSSR count). The Balaban J connectivity index is 1.02. The number of methoxy groups -OCH3 is 2. The number of carbonyl (C=O) groups excluding carboxylic acids is 4. The molecule has 3 fully saturated rings. The molecule has 4 atom stereocenters. The van der Waals surface area contributed by atoms with Gasteiger partial charge in [0.05, 0.1) is 76.5 Å². The molecule has 4 aromatic rings. The summed E-state index contributed by atoms with van der Waals surface area (Å²) in [4.78, 5) is 70.9. The standard InChI is InChI=1S/C42H50F2N8O9/c1-24(2)34(50-41(56)58-4)38(54)52-23-42(60-18-19-61-42)20-33(52)36-46-22-31(48-36)28-13-9-26(10-14-28)25-7-11-27(12-8-25)30-21-45-35(47-30)32-6-5-16-51(32)37(53)29(49-40(55)57-3)15-17-59-39(43)44/h7-14,21-22,24,29,32-34,39H,5-6,15-20,23H2,1-4H3,(H,45,47)(H,46,48)(H,49,55)(H,50,56)/t29-,32-,33-,34-/m0/s1. The van der Waals surface area contributed by atoms with E-state index in [1.54, 1.807) is 22.2 Å². The number of nitrogens with one attached hydrogen (secondary N) is 4. The van der Waals surface area contributed by atoms with Gasteiger partial charge in [0.25, 0.3) is 0 Å². The maximum Gasteiger partial charge on any atom is 0.407 e. The third kappa shape index (κ3) is 9.68. The molecule has 0 aliphatic carbocycles. The van der Waals surface area contributed by atoms with Crippen LogP contribution in [0.5, 0.6) is 0 Å². The molecule has 17 nitrogen and oxygen atoms in total. The van der Waals surface area contributed by atoms with Crippen LogP contribution in [0.2, 0.25) is 0 Å². The van der Waals surface area contributed by atoms with Gasteiger partial charge in [-0.15, -0.1) is 0 Å². The van der Waals surface area contributed by atoms with Gasteiger partial charge in [-0.05, 0) is 41.0 Å². The van der Waals surface area contributed by atoms with Crippen molar-refractivity contribution in [1.29, 1.82) is 0 Å². The molecule has 4 N–H and O–H groups in total. The molecule has 0 saturated carbocycles. The van der Waals surface area contributed by atoms with Crippen LogP contribution in [-0.4, -0.2) is 125 Å². The molecule has 2 aromatic carbocycles. The van der Waals surface area contributed by atoms with Gasteiger partial charge < -0.3 is 54.1 Å². The highest BCUT2D eigenvalue weighted by Gasteiger charge is 2.53. The summed E-state index contributed by atoms with van der Waals surface area (Å²) < 4.78 is 51.0. The molecule has 326 valence electrons. The second-order valence-electron chi connectivity index (χ2n) is 15.5. The molecule has 0 bridgehead atoms. The van der Waals surface area contributed by atoms with Crippen LogP contribution in [0.3, 0.4) is 0 Å². The number of carbonyl (C=O) groups is 4. The van der Waals surface area contributed by atoms with Gasteiger partial charge in [-0.2, -0.15) is 8.78 Å². The van der Waals surface area contributed by atoms with Gasteiger partial charge in [-0.25, -0.2) is 19.6 Å². The van der Waals surface area contributed by atoms with Crippen molar-refractivity contribution in [2.24, 2.45) is 5.92 Å². The van der Waals surface area contributed by atoms with Crippen LogP contribution in [0, 0.1) is 5.92 Å². The lowest BCUT2D eigenvalue weighted by Gasteiger charge is -2.30. The first-order valence-electron chi connectivity index (χ1n) is 20.2. The van der Waals surface area contributed by atoms with Crippen LogP contribution in [0.1, 0.15) is 63.3 Å². The number of rotatable bonds is 14. The van der Waals surface area contributed by atoms with Gasteiger partial charge >= 0.3 is 18.8 Å². The summed E-state index contributed by atoms with van der Waals surface area (Å²) in [6.45, 7) is 1.72. The van der Waals surface area contributed by atoms with Crippen LogP contribution < -0.4 is 10.6 Å². The van der Waals surface area contributed by atoms with Crippen LogP contribution in [-0.2, 0) is 33.3 Å². The molecule has 3 aliphatic heterocycles. The maximum atomic E-state index is 14.0. The van der Waals surface area contributed by atoms with Crippen LogP contribution in [0.4, 0.5) is 18.4 Å². The van der Waals surface area contributed by atoms with E-state index in [4.69, 9.17) is 19.2 Å². The van der Waals surface area contributed by atoms with Crippen LogP contribution >= 0.6 is 0 Å². The predicted octanol–water partition coefficient (Wildman–Crippen LogP) is 5.55. The second kappa shape index (κ2) is 18.8. The molecule has 3 saturated heterocycles. The fraction of sp³-hybridized carbons (Fsp3) is 0.476. The number of hydrogen-bond acceptors (Lipinski definition) is 11. The number of ether oxygens (including phenoxy) is 5. The molecular formula is C42H50F2N8O9. The average molecular weight is 849 g/mol. The Labute approximate surface area is 350 Å². The van der Waals surface area contributed by atoms with E-state index in [0.717, 1.165) is 40.8 Å². The maximum absolute atomic E-state index is 14.0. The van der Waals surface area contributed by atoms with E-state index >= 15 is 0 Å². The third-order valence-corrected chi connectivity index (χ3v) is 11.3. The number of amides is 4. The van der Waals surface area contributed by atoms with Gasteiger partial charge in [-0.3, -0.25) is 9.59 Å². The minimum Gasteiger partial charge on any atom is -0.453 e. The molecule has 0 radical (unpaired) electrons. The lowest BCUT2D eigenvalue weighted by molar-refractivity contribution is -0.153. The molecular weight excluding hydrogens is 799 g/mol. The summed E-state index contributed by atoms with van der Waals surface area (Å²) in [5, 5.41) is 5.12. The first-order chi connectivity index (χ1) is 29.4. The first-order valence-corrected chi connectivity index (χ1v) is 20.2. The Morgan fingerprint density at radius 3 is 1.89 bits per heavy atom. The summed E-state index contributed by atoms with van der Waals surface area (Å²) in [7, 11) is 2.41. The van der Waals surface area contributed by atoms with Gasteiger partial charge in [0.2, 0.25) is 11.8 Å². The highest BCUT2D eigenvalue weighted by atomic mass is 19.3. The summed E-state index contributed by atoms with van der Waals surface area (Å²) in [6, 6.07) is 13.1. The zero-order valence-electron chi connectivity index (χ0n) is 34.3. The number of benzene rings is 2. The summed E-state index contributed by atoms with van der Waals surface area (Å²) in [6.07, 6.45) is 3.45. The number of likely N-dealkylation sites (tertiary alicyclic amines) is 2. The average Bonchev–Trinajstić information content (AvgIpc) is 4.13. The number of nitrogens with zero attached hydrogens (tertiary/aromatic N) is 4. The predicted molar refractivity (Wildman–Crippen MR) is 215 cm³/mol. The number of alkyl halides is 2. The zero-order valence-corrected chi connectivity index (χ0v) is 34.3. The summed E-state index contributed by atoms with van der Waals surface area (Å²) in [5.74, 6) is -0.735. The van der Waals surface area contributed by atoms with E-state index < -0.39 is 61.3 Å². The Hall–Kier alpha value is -5.92. The second-order valence-corrected chi connectivity index (χ2v) is 15.5. The monoisotopic (exact) mass is 848 g/mol. The highest BCUT2D eigenvalue weighted by Crippen LogP contribution is 2.43. The Morgan fingerprint density at radius 1 is 0.803 bits per heavy atom. The number of H-pyrrole nitrogens is 2. The Bertz CT molecular complexity index is 2160. The molecule has 2 aromatic heterocycles. The van der Waals surface area contributed by atoms with E-state index in [1.807, 2.05) is 62.4 Å². The minimum absolute atomic E-state index is 0.154.